The second-order valence-electron chi connectivity index (χ2n) is 5.07. The molecule has 0 amide bonds. The first kappa shape index (κ1) is 15.0. The third-order valence-electron chi connectivity index (χ3n) is 3.83. The van der Waals surface area contributed by atoms with Gasteiger partial charge in [0.15, 0.2) is 0 Å². The first-order valence-corrected chi connectivity index (χ1v) is 7.13. The predicted molar refractivity (Wildman–Crippen MR) is 81.7 cm³/mol. The molecule has 2 unspecified atom stereocenters. The van der Waals surface area contributed by atoms with Crippen molar-refractivity contribution in [1.82, 2.24) is 4.90 Å². The molecule has 0 saturated heterocycles. The van der Waals surface area contributed by atoms with E-state index >= 15 is 0 Å². The van der Waals surface area contributed by atoms with Gasteiger partial charge in [-0.3, -0.25) is 4.90 Å². The van der Waals surface area contributed by atoms with Crippen LogP contribution in [0, 0.1) is 0 Å². The minimum absolute atomic E-state index is 0.147. The van der Waals surface area contributed by atoms with E-state index in [2.05, 4.69) is 24.8 Å². The monoisotopic (exact) mass is 276 g/mol. The van der Waals surface area contributed by atoms with Crippen LogP contribution in [0.4, 0.5) is 0 Å². The number of ether oxygens (including phenoxy) is 1. The lowest BCUT2D eigenvalue weighted by atomic mass is 10.0. The molecule has 0 radical (unpaired) electrons. The number of furan rings is 1. The highest BCUT2D eigenvalue weighted by atomic mass is 16.5. The summed E-state index contributed by atoms with van der Waals surface area (Å²) in [5.74, 6) is 0. The van der Waals surface area contributed by atoms with Gasteiger partial charge in [-0.1, -0.05) is 25.1 Å². The number of nitrogens with two attached hydrogens (primary N) is 1. The topological polar surface area (TPSA) is 51.6 Å². The number of para-hydroxylation sites is 1. The average Bonchev–Trinajstić information content (AvgIpc) is 2.88. The van der Waals surface area contributed by atoms with E-state index in [1.54, 1.807) is 7.11 Å². The molecule has 20 heavy (non-hydrogen) atoms. The molecule has 1 heterocycles. The Hall–Kier alpha value is -1.36. The number of benzene rings is 1. The van der Waals surface area contributed by atoms with Crippen molar-refractivity contribution in [2.45, 2.75) is 25.9 Å². The van der Waals surface area contributed by atoms with Crippen molar-refractivity contribution in [2.75, 3.05) is 26.8 Å². The molecule has 1 aromatic carbocycles. The summed E-state index contributed by atoms with van der Waals surface area (Å²) >= 11 is 0. The van der Waals surface area contributed by atoms with Crippen LogP contribution in [-0.4, -0.2) is 37.7 Å². The minimum Gasteiger partial charge on any atom is -0.464 e. The van der Waals surface area contributed by atoms with E-state index < -0.39 is 0 Å². The molecule has 2 rings (SSSR count). The summed E-state index contributed by atoms with van der Waals surface area (Å²) in [6, 6.07) is 8.55. The van der Waals surface area contributed by atoms with Gasteiger partial charge in [-0.15, -0.1) is 0 Å². The number of rotatable bonds is 7. The molecule has 0 aliphatic rings. The molecule has 0 spiro atoms. The van der Waals surface area contributed by atoms with Crippen molar-refractivity contribution in [2.24, 2.45) is 5.73 Å². The Morgan fingerprint density at radius 2 is 2.10 bits per heavy atom. The maximum Gasteiger partial charge on any atom is 0.134 e. The van der Waals surface area contributed by atoms with E-state index in [0.717, 1.165) is 23.1 Å². The van der Waals surface area contributed by atoms with Crippen LogP contribution in [0.5, 0.6) is 0 Å². The van der Waals surface area contributed by atoms with Crippen molar-refractivity contribution >= 4 is 11.0 Å². The third kappa shape index (κ3) is 2.87. The zero-order chi connectivity index (χ0) is 14.5. The number of methoxy groups -OCH3 is 1. The van der Waals surface area contributed by atoms with E-state index in [0.29, 0.717) is 19.2 Å². The van der Waals surface area contributed by atoms with E-state index in [1.165, 1.54) is 0 Å². The minimum atomic E-state index is 0.147. The molecule has 110 valence electrons. The van der Waals surface area contributed by atoms with Crippen LogP contribution in [-0.2, 0) is 4.74 Å². The highest BCUT2D eigenvalue weighted by molar-refractivity contribution is 5.81. The molecule has 0 bridgehead atoms. The summed E-state index contributed by atoms with van der Waals surface area (Å²) in [4.78, 5) is 2.36. The number of likely N-dealkylation sites (N-methyl/N-ethyl adjacent to an activating group) is 1. The second-order valence-corrected chi connectivity index (χ2v) is 5.07. The van der Waals surface area contributed by atoms with Gasteiger partial charge in [0, 0.05) is 30.6 Å². The lowest BCUT2D eigenvalue weighted by molar-refractivity contribution is 0.0753. The zero-order valence-electron chi connectivity index (χ0n) is 12.5. The number of fused-ring (bicyclic) bond motifs is 1. The Morgan fingerprint density at radius 3 is 2.75 bits per heavy atom. The largest absolute Gasteiger partial charge is 0.464 e. The molecular formula is C16H24N2O2. The van der Waals surface area contributed by atoms with Gasteiger partial charge in [-0.25, -0.2) is 0 Å². The van der Waals surface area contributed by atoms with Crippen molar-refractivity contribution in [3.63, 3.8) is 0 Å². The highest BCUT2D eigenvalue weighted by Gasteiger charge is 2.25. The van der Waals surface area contributed by atoms with Crippen LogP contribution in [0.1, 0.15) is 25.5 Å². The summed E-state index contributed by atoms with van der Waals surface area (Å²) in [5, 5.41) is 1.14. The van der Waals surface area contributed by atoms with Gasteiger partial charge in [0.2, 0.25) is 0 Å². The van der Waals surface area contributed by atoms with Crippen LogP contribution in [0.15, 0.2) is 34.9 Å². The SMILES string of the molecule is CCN(C(C)COC)C(CN)c1coc2ccccc12. The molecule has 2 N–H and O–H groups in total. The fourth-order valence-corrected chi connectivity index (χ4v) is 2.87. The summed E-state index contributed by atoms with van der Waals surface area (Å²) in [6.45, 7) is 6.49. The number of hydrogen-bond donors (Lipinski definition) is 1. The molecule has 4 heteroatoms. The zero-order valence-corrected chi connectivity index (χ0v) is 12.5. The fourth-order valence-electron chi connectivity index (χ4n) is 2.87. The Morgan fingerprint density at radius 1 is 1.35 bits per heavy atom. The summed E-state index contributed by atoms with van der Waals surface area (Å²) in [7, 11) is 1.73. The first-order chi connectivity index (χ1) is 9.72. The van der Waals surface area contributed by atoms with E-state index in [1.807, 2.05) is 24.5 Å². The molecule has 0 fully saturated rings. The van der Waals surface area contributed by atoms with Crippen LogP contribution in [0.25, 0.3) is 11.0 Å². The van der Waals surface area contributed by atoms with Gasteiger partial charge in [-0.05, 0) is 19.5 Å². The molecule has 0 aliphatic heterocycles. The molecule has 2 aromatic rings. The third-order valence-corrected chi connectivity index (χ3v) is 3.83. The summed E-state index contributed by atoms with van der Waals surface area (Å²) in [6.07, 6.45) is 1.84. The first-order valence-electron chi connectivity index (χ1n) is 7.13. The second kappa shape index (κ2) is 6.88. The Labute approximate surface area is 120 Å². The molecule has 2 atom stereocenters. The van der Waals surface area contributed by atoms with Gasteiger partial charge in [0.05, 0.1) is 18.9 Å². The van der Waals surface area contributed by atoms with Gasteiger partial charge >= 0.3 is 0 Å². The fraction of sp³-hybridized carbons (Fsp3) is 0.500. The Kier molecular flexibility index (Phi) is 5.17. The maximum absolute atomic E-state index is 6.04. The standard InChI is InChI=1S/C16H24N2O2/c1-4-18(12(2)10-19-3)15(9-17)14-11-20-16-8-6-5-7-13(14)16/h5-8,11-12,15H,4,9-10,17H2,1-3H3. The van der Waals surface area contributed by atoms with E-state index in [9.17, 15) is 0 Å². The van der Waals surface area contributed by atoms with Gasteiger partial charge in [0.25, 0.3) is 0 Å². The number of hydrogen-bond acceptors (Lipinski definition) is 4. The predicted octanol–water partition coefficient (Wildman–Crippen LogP) is 2.79. The van der Waals surface area contributed by atoms with E-state index in [-0.39, 0.29) is 6.04 Å². The smallest absolute Gasteiger partial charge is 0.134 e. The molecule has 4 nitrogen and oxygen atoms in total. The van der Waals surface area contributed by atoms with Crippen molar-refractivity contribution in [3.8, 4) is 0 Å². The van der Waals surface area contributed by atoms with Crippen molar-refractivity contribution in [1.29, 1.82) is 0 Å². The highest BCUT2D eigenvalue weighted by Crippen LogP contribution is 2.30. The summed E-state index contributed by atoms with van der Waals surface area (Å²) < 4.78 is 10.9. The van der Waals surface area contributed by atoms with Crippen LogP contribution < -0.4 is 5.73 Å². The van der Waals surface area contributed by atoms with Crippen LogP contribution >= 0.6 is 0 Å². The molecule has 1 aromatic heterocycles. The van der Waals surface area contributed by atoms with Gasteiger partial charge in [-0.2, -0.15) is 0 Å². The molecule has 0 saturated carbocycles. The lowest BCUT2D eigenvalue weighted by Crippen LogP contribution is -2.42. The average molecular weight is 276 g/mol. The Balaban J connectivity index is 2.35. The van der Waals surface area contributed by atoms with Crippen LogP contribution in [0.2, 0.25) is 0 Å². The lowest BCUT2D eigenvalue weighted by Gasteiger charge is -2.34. The molecule has 0 aliphatic carbocycles. The van der Waals surface area contributed by atoms with Crippen LogP contribution in [0.3, 0.4) is 0 Å². The van der Waals surface area contributed by atoms with Gasteiger partial charge < -0.3 is 14.9 Å². The molecular weight excluding hydrogens is 252 g/mol. The quantitative estimate of drug-likeness (QED) is 0.845. The van der Waals surface area contributed by atoms with Crippen molar-refractivity contribution < 1.29 is 9.15 Å². The normalized spacial score (nSPS) is 14.8. The number of nitrogens with zero attached hydrogens (tertiary/aromatic N) is 1. The van der Waals surface area contributed by atoms with Gasteiger partial charge in [0.1, 0.15) is 5.58 Å². The van der Waals surface area contributed by atoms with Crippen molar-refractivity contribution in [3.05, 3.63) is 36.1 Å². The summed E-state index contributed by atoms with van der Waals surface area (Å²) in [5.41, 5.74) is 8.11. The van der Waals surface area contributed by atoms with E-state index in [4.69, 9.17) is 14.9 Å². The Bertz CT molecular complexity index is 538. The maximum atomic E-state index is 6.04.